The first-order valence-corrected chi connectivity index (χ1v) is 9.11. The summed E-state index contributed by atoms with van der Waals surface area (Å²) in [4.78, 5) is 10.9. The summed E-state index contributed by atoms with van der Waals surface area (Å²) in [6, 6.07) is 0. The molecule has 1 aromatic rings. The molecule has 1 aliphatic heterocycles. The van der Waals surface area contributed by atoms with Crippen LogP contribution in [0.1, 0.15) is 50.2 Å². The first-order valence-electron chi connectivity index (χ1n) is 9.11. The van der Waals surface area contributed by atoms with E-state index in [0.29, 0.717) is 24.4 Å². The first-order chi connectivity index (χ1) is 11.7. The molecule has 7 heteroatoms. The maximum absolute atomic E-state index is 6.14. The van der Waals surface area contributed by atoms with E-state index in [0.717, 1.165) is 44.4 Å². The van der Waals surface area contributed by atoms with Crippen molar-refractivity contribution in [2.24, 2.45) is 10.9 Å². The zero-order valence-corrected chi connectivity index (χ0v) is 14.8. The van der Waals surface area contributed by atoms with Gasteiger partial charge in [-0.25, -0.2) is 0 Å². The molecule has 24 heavy (non-hydrogen) atoms. The molecular formula is C17H29N5O2. The number of aryl methyl sites for hydroxylation is 1. The Kier molecular flexibility index (Phi) is 6.07. The molecule has 1 saturated carbocycles. The van der Waals surface area contributed by atoms with Gasteiger partial charge >= 0.3 is 0 Å². The van der Waals surface area contributed by atoms with Gasteiger partial charge in [0.15, 0.2) is 11.8 Å². The molecule has 1 aliphatic carbocycles. The Labute approximate surface area is 143 Å². The molecule has 0 spiro atoms. The Balaban J connectivity index is 1.39. The smallest absolute Gasteiger partial charge is 0.223 e. The third-order valence-corrected chi connectivity index (χ3v) is 4.97. The third-order valence-electron chi connectivity index (χ3n) is 4.97. The molecule has 1 N–H and O–H groups in total. The van der Waals surface area contributed by atoms with Gasteiger partial charge in [0.25, 0.3) is 0 Å². The topological polar surface area (TPSA) is 75.8 Å². The number of likely N-dealkylation sites (tertiary alicyclic amines) is 1. The first kappa shape index (κ1) is 17.2. The number of ether oxygens (including phenoxy) is 1. The third kappa shape index (κ3) is 4.69. The maximum atomic E-state index is 6.14. The highest BCUT2D eigenvalue weighted by Gasteiger charge is 2.24. The summed E-state index contributed by atoms with van der Waals surface area (Å²) in [6.07, 6.45) is 8.00. The van der Waals surface area contributed by atoms with Crippen molar-refractivity contribution in [1.82, 2.24) is 20.4 Å². The molecule has 0 aromatic carbocycles. The molecule has 134 valence electrons. The SMILES string of the molecule is CN=C(NCc1noc(C)n1)N1CCC(OCC2CCCC2)CC1. The minimum absolute atomic E-state index is 0.403. The minimum atomic E-state index is 0.403. The summed E-state index contributed by atoms with van der Waals surface area (Å²) < 4.78 is 11.1. The molecule has 2 heterocycles. The Morgan fingerprint density at radius 1 is 1.29 bits per heavy atom. The standard InChI is InChI=1S/C17H29N5O2/c1-13-20-16(21-24-13)11-19-17(18-2)22-9-7-15(8-10-22)23-12-14-5-3-4-6-14/h14-15H,3-12H2,1-2H3,(H,18,19). The second-order valence-electron chi connectivity index (χ2n) is 6.80. The molecule has 2 aliphatic rings. The van der Waals surface area contributed by atoms with Crippen molar-refractivity contribution in [3.05, 3.63) is 11.7 Å². The van der Waals surface area contributed by atoms with Crippen LogP contribution >= 0.6 is 0 Å². The lowest BCUT2D eigenvalue weighted by molar-refractivity contribution is 0.00100. The summed E-state index contributed by atoms with van der Waals surface area (Å²) in [5.41, 5.74) is 0. The highest BCUT2D eigenvalue weighted by atomic mass is 16.5. The number of rotatable bonds is 5. The van der Waals surface area contributed by atoms with Gasteiger partial charge in [0.2, 0.25) is 5.89 Å². The average molecular weight is 335 g/mol. The van der Waals surface area contributed by atoms with Gasteiger partial charge in [0.05, 0.1) is 12.6 Å². The molecule has 0 radical (unpaired) electrons. The maximum Gasteiger partial charge on any atom is 0.223 e. The van der Waals surface area contributed by atoms with E-state index in [-0.39, 0.29) is 0 Å². The molecule has 3 rings (SSSR count). The fourth-order valence-corrected chi connectivity index (χ4v) is 3.59. The summed E-state index contributed by atoms with van der Waals surface area (Å²) in [7, 11) is 1.81. The van der Waals surface area contributed by atoms with Crippen molar-refractivity contribution in [3.63, 3.8) is 0 Å². The van der Waals surface area contributed by atoms with E-state index in [2.05, 4.69) is 25.3 Å². The van der Waals surface area contributed by atoms with Gasteiger partial charge in [-0.2, -0.15) is 4.98 Å². The predicted octanol–water partition coefficient (Wildman–Crippen LogP) is 2.12. The van der Waals surface area contributed by atoms with Crippen molar-refractivity contribution in [2.75, 3.05) is 26.7 Å². The lowest BCUT2D eigenvalue weighted by atomic mass is 10.1. The number of hydrogen-bond donors (Lipinski definition) is 1. The van der Waals surface area contributed by atoms with E-state index < -0.39 is 0 Å². The van der Waals surface area contributed by atoms with Crippen LogP contribution in [0.3, 0.4) is 0 Å². The van der Waals surface area contributed by atoms with Gasteiger partial charge < -0.3 is 19.5 Å². The molecule has 0 unspecified atom stereocenters. The highest BCUT2D eigenvalue weighted by molar-refractivity contribution is 5.79. The van der Waals surface area contributed by atoms with Gasteiger partial charge in [-0.15, -0.1) is 0 Å². The van der Waals surface area contributed by atoms with Crippen LogP contribution in [0, 0.1) is 12.8 Å². The number of aromatic nitrogens is 2. The summed E-state index contributed by atoms with van der Waals surface area (Å²) in [6.45, 7) is 5.22. The van der Waals surface area contributed by atoms with Crippen LogP contribution in [0.15, 0.2) is 9.52 Å². The Morgan fingerprint density at radius 3 is 2.67 bits per heavy atom. The van der Waals surface area contributed by atoms with Crippen LogP contribution in [0.25, 0.3) is 0 Å². The number of nitrogens with zero attached hydrogens (tertiary/aromatic N) is 4. The van der Waals surface area contributed by atoms with Gasteiger partial charge in [0, 0.05) is 33.7 Å². The van der Waals surface area contributed by atoms with Crippen LogP contribution < -0.4 is 5.32 Å². The molecular weight excluding hydrogens is 306 g/mol. The van der Waals surface area contributed by atoms with E-state index in [4.69, 9.17) is 9.26 Å². The van der Waals surface area contributed by atoms with E-state index in [1.165, 1.54) is 25.7 Å². The number of guanidine groups is 1. The van der Waals surface area contributed by atoms with E-state index >= 15 is 0 Å². The second kappa shape index (κ2) is 8.46. The van der Waals surface area contributed by atoms with Crippen molar-refractivity contribution in [2.45, 2.75) is 58.1 Å². The van der Waals surface area contributed by atoms with Crippen LogP contribution in [0.5, 0.6) is 0 Å². The van der Waals surface area contributed by atoms with Crippen molar-refractivity contribution < 1.29 is 9.26 Å². The van der Waals surface area contributed by atoms with Crippen molar-refractivity contribution in [3.8, 4) is 0 Å². The molecule has 1 aromatic heterocycles. The Morgan fingerprint density at radius 2 is 2.04 bits per heavy atom. The highest BCUT2D eigenvalue weighted by Crippen LogP contribution is 2.26. The van der Waals surface area contributed by atoms with Crippen LogP contribution in [0.4, 0.5) is 0 Å². The number of hydrogen-bond acceptors (Lipinski definition) is 5. The van der Waals surface area contributed by atoms with Gasteiger partial charge in [-0.3, -0.25) is 4.99 Å². The number of piperidine rings is 1. The summed E-state index contributed by atoms with van der Waals surface area (Å²) in [5, 5.41) is 7.21. The molecule has 1 saturated heterocycles. The van der Waals surface area contributed by atoms with Gasteiger partial charge in [-0.1, -0.05) is 18.0 Å². The minimum Gasteiger partial charge on any atom is -0.378 e. The lowest BCUT2D eigenvalue weighted by Gasteiger charge is -2.34. The van der Waals surface area contributed by atoms with Crippen LogP contribution in [0.2, 0.25) is 0 Å². The van der Waals surface area contributed by atoms with E-state index in [9.17, 15) is 0 Å². The molecule has 2 fully saturated rings. The quantitative estimate of drug-likeness (QED) is 0.656. The van der Waals surface area contributed by atoms with Gasteiger partial charge in [0.1, 0.15) is 0 Å². The molecule has 0 atom stereocenters. The zero-order chi connectivity index (χ0) is 16.8. The van der Waals surface area contributed by atoms with E-state index in [1.54, 1.807) is 6.92 Å². The largest absolute Gasteiger partial charge is 0.378 e. The van der Waals surface area contributed by atoms with E-state index in [1.807, 2.05) is 7.05 Å². The normalized spacial score (nSPS) is 20.8. The second-order valence-corrected chi connectivity index (χ2v) is 6.80. The predicted molar refractivity (Wildman–Crippen MR) is 91.7 cm³/mol. The Hall–Kier alpha value is -1.63. The van der Waals surface area contributed by atoms with Gasteiger partial charge in [-0.05, 0) is 31.6 Å². The average Bonchev–Trinajstić information content (AvgIpc) is 3.26. The number of aliphatic imine (C=N–C) groups is 1. The molecule has 0 bridgehead atoms. The van der Waals surface area contributed by atoms with Crippen molar-refractivity contribution in [1.29, 1.82) is 0 Å². The van der Waals surface area contributed by atoms with Crippen LogP contribution in [-0.4, -0.2) is 53.8 Å². The molecule has 7 nitrogen and oxygen atoms in total. The Bertz CT molecular complexity index is 531. The zero-order valence-electron chi connectivity index (χ0n) is 14.8. The fraction of sp³-hybridized carbons (Fsp3) is 0.824. The summed E-state index contributed by atoms with van der Waals surface area (Å²) >= 11 is 0. The van der Waals surface area contributed by atoms with Crippen molar-refractivity contribution >= 4 is 5.96 Å². The van der Waals surface area contributed by atoms with Crippen LogP contribution in [-0.2, 0) is 11.3 Å². The lowest BCUT2D eigenvalue weighted by Crippen LogP contribution is -2.47. The monoisotopic (exact) mass is 335 g/mol. The fourth-order valence-electron chi connectivity index (χ4n) is 3.59. The molecule has 0 amide bonds. The summed E-state index contributed by atoms with van der Waals surface area (Å²) in [5.74, 6) is 2.94. The number of nitrogens with one attached hydrogen (secondary N) is 1.